The third kappa shape index (κ3) is 2.97. The summed E-state index contributed by atoms with van der Waals surface area (Å²) in [5, 5.41) is 3.31. The van der Waals surface area contributed by atoms with Crippen LogP contribution >= 0.6 is 0 Å². The molecule has 0 saturated heterocycles. The number of anilines is 2. The van der Waals surface area contributed by atoms with Gasteiger partial charge in [-0.2, -0.15) is 4.98 Å². The lowest BCUT2D eigenvalue weighted by atomic mass is 9.88. The minimum absolute atomic E-state index is 0.137. The van der Waals surface area contributed by atoms with Gasteiger partial charge in [-0.15, -0.1) is 0 Å². The van der Waals surface area contributed by atoms with Crippen molar-refractivity contribution in [2.24, 2.45) is 0 Å². The Morgan fingerprint density at radius 1 is 1.11 bits per heavy atom. The zero-order valence-electron chi connectivity index (χ0n) is 16.4. The van der Waals surface area contributed by atoms with Crippen LogP contribution in [0.2, 0.25) is 0 Å². The van der Waals surface area contributed by atoms with Crippen LogP contribution in [0.4, 0.5) is 16.2 Å². The van der Waals surface area contributed by atoms with E-state index in [1.807, 2.05) is 6.20 Å². The van der Waals surface area contributed by atoms with Gasteiger partial charge in [0.05, 0.1) is 0 Å². The second-order valence-electron chi connectivity index (χ2n) is 8.50. The first-order chi connectivity index (χ1) is 13.6. The van der Waals surface area contributed by atoms with E-state index in [0.717, 1.165) is 22.6 Å². The number of hydrogen-bond donors (Lipinski definition) is 1. The van der Waals surface area contributed by atoms with E-state index in [-0.39, 0.29) is 6.04 Å². The molecule has 1 aromatic heterocycles. The predicted octanol–water partition coefficient (Wildman–Crippen LogP) is 5.49. The van der Waals surface area contributed by atoms with Crippen molar-refractivity contribution in [1.82, 2.24) is 9.97 Å². The molecule has 1 aromatic carbocycles. The van der Waals surface area contributed by atoms with Crippen molar-refractivity contribution >= 4 is 17.5 Å². The molecule has 4 nitrogen and oxygen atoms in total. The smallest absolute Gasteiger partial charge is 0.224 e. The van der Waals surface area contributed by atoms with E-state index in [1.54, 1.807) is 0 Å². The number of alkyl halides is 1. The van der Waals surface area contributed by atoms with Crippen molar-refractivity contribution < 1.29 is 4.39 Å². The molecule has 0 bridgehead atoms. The van der Waals surface area contributed by atoms with Crippen molar-refractivity contribution in [2.75, 3.05) is 10.2 Å². The van der Waals surface area contributed by atoms with Crippen LogP contribution in [-0.4, -0.2) is 28.2 Å². The highest BCUT2D eigenvalue weighted by Gasteiger charge is 2.34. The summed E-state index contributed by atoms with van der Waals surface area (Å²) in [6, 6.07) is 7.07. The van der Waals surface area contributed by atoms with E-state index in [4.69, 9.17) is 4.98 Å². The molecule has 5 rings (SSSR count). The maximum absolute atomic E-state index is 13.2. The van der Waals surface area contributed by atoms with E-state index >= 15 is 0 Å². The van der Waals surface area contributed by atoms with Gasteiger partial charge >= 0.3 is 0 Å². The van der Waals surface area contributed by atoms with Crippen LogP contribution in [0.5, 0.6) is 0 Å². The van der Waals surface area contributed by atoms with Gasteiger partial charge in [-0.3, -0.25) is 0 Å². The van der Waals surface area contributed by atoms with Crippen molar-refractivity contribution in [3.8, 4) is 11.1 Å². The Kier molecular flexibility index (Phi) is 4.33. The zero-order valence-corrected chi connectivity index (χ0v) is 16.4. The molecule has 0 atom stereocenters. The Morgan fingerprint density at radius 3 is 2.64 bits per heavy atom. The summed E-state index contributed by atoms with van der Waals surface area (Å²) in [7, 11) is 0. The van der Waals surface area contributed by atoms with E-state index < -0.39 is 6.17 Å². The largest absolute Gasteiger partial charge is 0.351 e. The van der Waals surface area contributed by atoms with Crippen LogP contribution in [0.25, 0.3) is 16.8 Å². The van der Waals surface area contributed by atoms with Crippen LogP contribution in [0.3, 0.4) is 0 Å². The minimum atomic E-state index is -0.691. The molecule has 3 aliphatic rings. The summed E-state index contributed by atoms with van der Waals surface area (Å²) >= 11 is 0. The number of aryl methyl sites for hydroxylation is 1. The molecule has 28 heavy (non-hydrogen) atoms. The van der Waals surface area contributed by atoms with Crippen molar-refractivity contribution in [2.45, 2.75) is 70.1 Å². The maximum Gasteiger partial charge on any atom is 0.224 e. The monoisotopic (exact) mass is 378 g/mol. The molecule has 2 fully saturated rings. The molecule has 2 aromatic rings. The van der Waals surface area contributed by atoms with E-state index in [9.17, 15) is 4.39 Å². The highest BCUT2D eigenvalue weighted by molar-refractivity contribution is 5.97. The standard InChI is InChI=1S/C23H27FN4/c1-14-8-9-19-20(10-14)15(2)28(18-6-4-3-5-7-18)22-21(19)13-25-23(27-22)26-17-11-16(24)12-17/h8-10,13,16-18H,2-7,11-12H2,1H3,(H,25,26,27). The van der Waals surface area contributed by atoms with E-state index in [2.05, 4.69) is 46.9 Å². The van der Waals surface area contributed by atoms with Gasteiger partial charge < -0.3 is 10.2 Å². The molecule has 1 N–H and O–H groups in total. The topological polar surface area (TPSA) is 41.1 Å². The molecule has 1 aliphatic heterocycles. The van der Waals surface area contributed by atoms with Crippen LogP contribution in [0.15, 0.2) is 31.0 Å². The normalized spacial score (nSPS) is 24.4. The molecular formula is C23H27FN4. The van der Waals surface area contributed by atoms with Crippen molar-refractivity contribution in [3.05, 3.63) is 42.1 Å². The van der Waals surface area contributed by atoms with Crippen molar-refractivity contribution in [3.63, 3.8) is 0 Å². The van der Waals surface area contributed by atoms with Crippen LogP contribution in [0.1, 0.15) is 56.1 Å². The molecule has 0 radical (unpaired) electrons. The second-order valence-corrected chi connectivity index (χ2v) is 8.50. The summed E-state index contributed by atoms with van der Waals surface area (Å²) in [4.78, 5) is 11.8. The lowest BCUT2D eigenvalue weighted by Crippen LogP contribution is -2.39. The Balaban J connectivity index is 1.57. The minimum Gasteiger partial charge on any atom is -0.351 e. The first kappa shape index (κ1) is 17.7. The fourth-order valence-corrected chi connectivity index (χ4v) is 4.79. The highest BCUT2D eigenvalue weighted by atomic mass is 19.1. The Bertz CT molecular complexity index is 913. The lowest BCUT2D eigenvalue weighted by Gasteiger charge is -2.41. The van der Waals surface area contributed by atoms with Crippen LogP contribution in [-0.2, 0) is 0 Å². The quantitative estimate of drug-likeness (QED) is 0.767. The molecule has 2 heterocycles. The number of aromatic nitrogens is 2. The molecule has 0 spiro atoms. The molecular weight excluding hydrogens is 351 g/mol. The third-order valence-corrected chi connectivity index (χ3v) is 6.42. The average Bonchev–Trinajstić information content (AvgIpc) is 2.68. The summed E-state index contributed by atoms with van der Waals surface area (Å²) < 4.78 is 13.2. The van der Waals surface area contributed by atoms with Gasteiger partial charge in [0.25, 0.3) is 0 Å². The Hall–Kier alpha value is -2.43. The van der Waals surface area contributed by atoms with Gasteiger partial charge in [0.2, 0.25) is 5.95 Å². The van der Waals surface area contributed by atoms with E-state index in [1.165, 1.54) is 43.2 Å². The number of fused-ring (bicyclic) bond motifs is 3. The molecule has 2 saturated carbocycles. The van der Waals surface area contributed by atoms with Gasteiger partial charge in [-0.1, -0.05) is 43.5 Å². The van der Waals surface area contributed by atoms with Crippen LogP contribution < -0.4 is 10.2 Å². The SMILES string of the molecule is C=C1c2cc(C)ccc2-c2cnc(NC3CC(F)C3)nc2N1C1CCCCC1. The first-order valence-electron chi connectivity index (χ1n) is 10.5. The zero-order chi connectivity index (χ0) is 19.3. The maximum atomic E-state index is 13.2. The predicted molar refractivity (Wildman–Crippen MR) is 112 cm³/mol. The highest BCUT2D eigenvalue weighted by Crippen LogP contribution is 2.46. The van der Waals surface area contributed by atoms with Gasteiger partial charge in [-0.05, 0) is 44.2 Å². The molecule has 5 heteroatoms. The number of rotatable bonds is 3. The van der Waals surface area contributed by atoms with Crippen molar-refractivity contribution in [1.29, 1.82) is 0 Å². The Labute approximate surface area is 165 Å². The number of halogens is 1. The van der Waals surface area contributed by atoms with Gasteiger partial charge in [0.15, 0.2) is 0 Å². The molecule has 0 amide bonds. The number of nitrogens with zero attached hydrogens (tertiary/aromatic N) is 3. The molecule has 0 unspecified atom stereocenters. The third-order valence-electron chi connectivity index (χ3n) is 6.42. The summed E-state index contributed by atoms with van der Waals surface area (Å²) in [5.41, 5.74) is 5.67. The number of benzene rings is 1. The fourth-order valence-electron chi connectivity index (χ4n) is 4.79. The second kappa shape index (κ2) is 6.87. The van der Waals surface area contributed by atoms with Gasteiger partial charge in [0, 0.05) is 35.1 Å². The van der Waals surface area contributed by atoms with Crippen LogP contribution in [0, 0.1) is 6.92 Å². The molecule has 146 valence electrons. The summed E-state index contributed by atoms with van der Waals surface area (Å²) in [5.74, 6) is 1.54. The fraction of sp³-hybridized carbons (Fsp3) is 0.478. The first-order valence-corrected chi connectivity index (χ1v) is 10.5. The number of hydrogen-bond acceptors (Lipinski definition) is 4. The average molecular weight is 378 g/mol. The Morgan fingerprint density at radius 2 is 1.89 bits per heavy atom. The molecule has 2 aliphatic carbocycles. The number of nitrogens with one attached hydrogen (secondary N) is 1. The van der Waals surface area contributed by atoms with E-state index in [0.29, 0.717) is 24.8 Å². The lowest BCUT2D eigenvalue weighted by molar-refractivity contribution is 0.191. The summed E-state index contributed by atoms with van der Waals surface area (Å²) in [6.07, 6.45) is 8.46. The van der Waals surface area contributed by atoms with Gasteiger partial charge in [-0.25, -0.2) is 9.37 Å². The van der Waals surface area contributed by atoms with Gasteiger partial charge in [0.1, 0.15) is 12.0 Å². The summed E-state index contributed by atoms with van der Waals surface area (Å²) in [6.45, 7) is 6.59.